The zero-order valence-corrected chi connectivity index (χ0v) is 16.4. The number of nitrogens with zero attached hydrogens (tertiary/aromatic N) is 3. The van der Waals surface area contributed by atoms with Gasteiger partial charge in [-0.05, 0) is 55.7 Å². The summed E-state index contributed by atoms with van der Waals surface area (Å²) in [4.78, 5) is 31.0. The number of nitrogens with one attached hydrogen (secondary N) is 1. The van der Waals surface area contributed by atoms with Crippen LogP contribution in [0.1, 0.15) is 38.5 Å². The van der Waals surface area contributed by atoms with Crippen LogP contribution in [0.3, 0.4) is 0 Å². The van der Waals surface area contributed by atoms with Crippen molar-refractivity contribution in [2.45, 2.75) is 38.5 Å². The van der Waals surface area contributed by atoms with Gasteiger partial charge < -0.3 is 15.3 Å². The van der Waals surface area contributed by atoms with E-state index in [-0.39, 0.29) is 36.6 Å². The van der Waals surface area contributed by atoms with Gasteiger partial charge in [-0.15, -0.1) is 22.7 Å². The first-order chi connectivity index (χ1) is 12.1. The molecule has 0 spiro atoms. The zero-order chi connectivity index (χ0) is 17.6. The van der Waals surface area contributed by atoms with Crippen LogP contribution in [0.25, 0.3) is 0 Å². The maximum Gasteiger partial charge on any atom is 0.305 e. The standard InChI is InChI=1S/C16H26N4O4S.ClH/c21-14(22)6-11-24-20-12-25(16(23)19-9-2-1-3-10-19)15(18-20)13-4-7-17-8-5-13;/h12-13,17H,1-11H2,(H,21,22);1H. The highest BCUT2D eigenvalue weighted by Gasteiger charge is 2.33. The summed E-state index contributed by atoms with van der Waals surface area (Å²) in [6, 6.07) is 0. The minimum Gasteiger partial charge on any atom is -0.481 e. The lowest BCUT2D eigenvalue weighted by molar-refractivity contribution is -0.143. The molecule has 148 valence electrons. The topological polar surface area (TPSA) is 94.5 Å². The third-order valence-corrected chi connectivity index (χ3v) is 6.54. The average Bonchev–Trinajstić information content (AvgIpc) is 3.06. The smallest absolute Gasteiger partial charge is 0.305 e. The Morgan fingerprint density at radius 2 is 1.96 bits per heavy atom. The normalized spacial score (nSPS) is 23.8. The Labute approximate surface area is 162 Å². The number of carbonyl (C=O) groups is 2. The van der Waals surface area contributed by atoms with Gasteiger partial charge >= 0.3 is 5.97 Å². The Balaban J connectivity index is 0.00000243. The summed E-state index contributed by atoms with van der Waals surface area (Å²) in [5.74, 6) is -0.632. The number of amides is 1. The molecule has 3 rings (SSSR count). The molecule has 0 bridgehead atoms. The van der Waals surface area contributed by atoms with Crippen LogP contribution in [-0.4, -0.2) is 69.7 Å². The van der Waals surface area contributed by atoms with Crippen molar-refractivity contribution in [2.75, 3.05) is 32.8 Å². The number of halogens is 1. The van der Waals surface area contributed by atoms with Crippen LogP contribution in [-0.2, 0) is 9.63 Å². The number of carboxylic acids is 1. The van der Waals surface area contributed by atoms with Gasteiger partial charge in [0.15, 0.2) is 0 Å². The molecule has 26 heavy (non-hydrogen) atoms. The minimum absolute atomic E-state index is 0. The van der Waals surface area contributed by atoms with E-state index in [1.54, 1.807) is 5.49 Å². The molecule has 2 saturated heterocycles. The summed E-state index contributed by atoms with van der Waals surface area (Å²) in [5.41, 5.74) is 1.73. The van der Waals surface area contributed by atoms with Crippen molar-refractivity contribution in [1.82, 2.24) is 15.4 Å². The first-order valence-corrected chi connectivity index (χ1v) is 10.2. The summed E-state index contributed by atoms with van der Waals surface area (Å²) in [6.07, 6.45) is 5.14. The number of hydrogen-bond acceptors (Lipinski definition) is 6. The van der Waals surface area contributed by atoms with Gasteiger partial charge in [-0.1, -0.05) is 0 Å². The van der Waals surface area contributed by atoms with E-state index in [1.807, 2.05) is 4.90 Å². The molecule has 3 heterocycles. The monoisotopic (exact) mass is 406 g/mol. The molecule has 2 N–H and O–H groups in total. The lowest BCUT2D eigenvalue weighted by atomic mass is 10.00. The summed E-state index contributed by atoms with van der Waals surface area (Å²) in [5, 5.41) is 18.9. The number of carboxylic acid groups (broad SMARTS) is 1. The van der Waals surface area contributed by atoms with Crippen molar-refractivity contribution in [3.05, 3.63) is 0 Å². The first kappa shape index (κ1) is 21.1. The number of likely N-dealkylation sites (tertiary alicyclic amines) is 1. The highest BCUT2D eigenvalue weighted by Crippen LogP contribution is 2.34. The van der Waals surface area contributed by atoms with Crippen LogP contribution in [0.2, 0.25) is 0 Å². The Kier molecular flexibility index (Phi) is 8.33. The van der Waals surface area contributed by atoms with Gasteiger partial charge in [-0.3, -0.25) is 14.4 Å². The van der Waals surface area contributed by atoms with Crippen molar-refractivity contribution in [3.63, 3.8) is 0 Å². The summed E-state index contributed by atoms with van der Waals surface area (Å²) in [6.45, 7) is 3.53. The fraction of sp³-hybridized carbons (Fsp3) is 0.750. The van der Waals surface area contributed by atoms with Crippen LogP contribution >= 0.6 is 22.9 Å². The van der Waals surface area contributed by atoms with Gasteiger partial charge in [0.2, 0.25) is 0 Å². The van der Waals surface area contributed by atoms with E-state index in [4.69, 9.17) is 9.94 Å². The predicted molar refractivity (Wildman–Crippen MR) is 105 cm³/mol. The van der Waals surface area contributed by atoms with E-state index in [2.05, 4.69) is 10.4 Å². The van der Waals surface area contributed by atoms with Crippen molar-refractivity contribution >= 4 is 44.6 Å². The molecule has 1 amide bonds. The second-order valence-electron chi connectivity index (χ2n) is 6.50. The quantitative estimate of drug-likeness (QED) is 0.679. The van der Waals surface area contributed by atoms with Crippen LogP contribution in [0, 0.1) is 5.92 Å². The van der Waals surface area contributed by atoms with Gasteiger partial charge in [-0.2, -0.15) is 0 Å². The fourth-order valence-corrected chi connectivity index (χ4v) is 5.16. The summed E-state index contributed by atoms with van der Waals surface area (Å²) in [7, 11) is -0.711. The zero-order valence-electron chi connectivity index (χ0n) is 14.8. The van der Waals surface area contributed by atoms with Crippen molar-refractivity contribution in [2.24, 2.45) is 11.0 Å². The lowest BCUT2D eigenvalue weighted by Gasteiger charge is -2.29. The van der Waals surface area contributed by atoms with E-state index in [9.17, 15) is 9.59 Å². The number of carbonyl (C=O) groups excluding carboxylic acids is 1. The van der Waals surface area contributed by atoms with E-state index >= 15 is 0 Å². The minimum atomic E-state index is -0.912. The molecule has 0 radical (unpaired) electrons. The predicted octanol–water partition coefficient (Wildman–Crippen LogP) is 2.08. The first-order valence-electron chi connectivity index (χ1n) is 8.95. The highest BCUT2D eigenvalue weighted by atomic mass is 35.5. The van der Waals surface area contributed by atoms with E-state index < -0.39 is 16.5 Å². The molecule has 3 aliphatic rings. The van der Waals surface area contributed by atoms with E-state index in [0.717, 1.165) is 56.9 Å². The Bertz CT molecular complexity index is 575. The van der Waals surface area contributed by atoms with Gasteiger partial charge in [0.1, 0.15) is 5.04 Å². The molecule has 8 nitrogen and oxygen atoms in total. The molecule has 1 unspecified atom stereocenters. The van der Waals surface area contributed by atoms with Crippen molar-refractivity contribution < 1.29 is 19.5 Å². The largest absolute Gasteiger partial charge is 0.481 e. The van der Waals surface area contributed by atoms with Crippen molar-refractivity contribution in [1.29, 1.82) is 0 Å². The molecular weight excluding hydrogens is 380 g/mol. The number of aliphatic carboxylic acids is 1. The molecule has 0 saturated carbocycles. The third kappa shape index (κ3) is 5.42. The Hall–Kier alpha value is -1.16. The number of piperidine rings is 2. The second-order valence-corrected chi connectivity index (χ2v) is 8.15. The Morgan fingerprint density at radius 1 is 1.27 bits per heavy atom. The fourth-order valence-electron chi connectivity index (χ4n) is 3.27. The lowest BCUT2D eigenvalue weighted by Crippen LogP contribution is -2.36. The molecule has 0 aromatic heterocycles. The number of hydroxylamine groups is 1. The molecule has 0 aliphatic carbocycles. The summed E-state index contributed by atoms with van der Waals surface area (Å²) < 4.78 is 0. The number of rotatable bonds is 5. The van der Waals surface area contributed by atoms with Crippen LogP contribution < -0.4 is 5.32 Å². The SMILES string of the molecule is Cl.O=C(O)CCON1C=S(C(=O)N2CCCCC2)C(C2CCNCC2)=N1. The van der Waals surface area contributed by atoms with Gasteiger partial charge in [0.25, 0.3) is 5.24 Å². The second kappa shape index (κ2) is 10.2. The molecule has 3 aliphatic heterocycles. The molecule has 10 heteroatoms. The average molecular weight is 407 g/mol. The van der Waals surface area contributed by atoms with Gasteiger partial charge in [0, 0.05) is 19.0 Å². The number of hydrogen-bond donors (Lipinski definition) is 2. The molecular formula is C16H27ClN4O4S. The van der Waals surface area contributed by atoms with E-state index in [1.165, 1.54) is 11.6 Å². The molecule has 0 aromatic rings. The summed E-state index contributed by atoms with van der Waals surface area (Å²) >= 11 is 0. The van der Waals surface area contributed by atoms with E-state index in [0.29, 0.717) is 0 Å². The van der Waals surface area contributed by atoms with Crippen molar-refractivity contribution in [3.8, 4) is 0 Å². The molecule has 1 atom stereocenters. The highest BCUT2D eigenvalue weighted by molar-refractivity contribution is 8.39. The number of hydrazone groups is 1. The third-order valence-electron chi connectivity index (χ3n) is 4.65. The van der Waals surface area contributed by atoms with Crippen LogP contribution in [0.15, 0.2) is 5.10 Å². The van der Waals surface area contributed by atoms with Gasteiger partial charge in [-0.25, -0.2) is 0 Å². The van der Waals surface area contributed by atoms with Crippen LogP contribution in [0.4, 0.5) is 4.79 Å². The molecule has 2 fully saturated rings. The van der Waals surface area contributed by atoms with Gasteiger partial charge in [0.05, 0.1) is 18.5 Å². The Morgan fingerprint density at radius 3 is 2.62 bits per heavy atom. The maximum atomic E-state index is 13.0. The molecule has 0 aromatic carbocycles. The van der Waals surface area contributed by atoms with Crippen LogP contribution in [0.5, 0.6) is 0 Å². The maximum absolute atomic E-state index is 13.0.